The van der Waals surface area contributed by atoms with Crippen LogP contribution in [0.3, 0.4) is 0 Å². The molecule has 2 atom stereocenters. The molecule has 5 rings (SSSR count). The van der Waals surface area contributed by atoms with E-state index in [0.29, 0.717) is 17.1 Å². The van der Waals surface area contributed by atoms with Crippen LogP contribution < -0.4 is 20.1 Å². The highest BCUT2D eigenvalue weighted by Gasteiger charge is 2.39. The second kappa shape index (κ2) is 9.32. The Labute approximate surface area is 202 Å². The zero-order chi connectivity index (χ0) is 24.5. The van der Waals surface area contributed by atoms with Gasteiger partial charge in [-0.25, -0.2) is 4.79 Å². The standard InChI is InChI=1S/C26H28N4O5/c1-34-21-11-10-15(12-22(21)35-2)14-30-25(32)20(29-26(30)33)13-23(31)27-19-9-5-7-17-16-6-3-4-8-18(16)28-24(17)19/h3-4,6,8,10-12,19-20,28H,5,7,9,13-14H2,1-2H3,(H,27,31)(H,29,33)/t19-,20-/m1/s1. The molecule has 3 N–H and O–H groups in total. The number of amides is 4. The van der Waals surface area contributed by atoms with Crippen molar-refractivity contribution in [1.82, 2.24) is 20.5 Å². The molecule has 1 fully saturated rings. The van der Waals surface area contributed by atoms with Crippen molar-refractivity contribution in [3.8, 4) is 11.5 Å². The van der Waals surface area contributed by atoms with E-state index >= 15 is 0 Å². The van der Waals surface area contributed by atoms with Crippen molar-refractivity contribution in [3.63, 3.8) is 0 Å². The van der Waals surface area contributed by atoms with Crippen molar-refractivity contribution < 1.29 is 23.9 Å². The Hall–Kier alpha value is -4.01. The topological polar surface area (TPSA) is 113 Å². The van der Waals surface area contributed by atoms with Crippen molar-refractivity contribution in [3.05, 3.63) is 59.3 Å². The Morgan fingerprint density at radius 2 is 1.91 bits per heavy atom. The van der Waals surface area contributed by atoms with Gasteiger partial charge in [-0.15, -0.1) is 0 Å². The second-order valence-corrected chi connectivity index (χ2v) is 8.90. The summed E-state index contributed by atoms with van der Waals surface area (Å²) in [5.41, 5.74) is 4.04. The summed E-state index contributed by atoms with van der Waals surface area (Å²) < 4.78 is 10.5. The smallest absolute Gasteiger partial charge is 0.325 e. The van der Waals surface area contributed by atoms with Gasteiger partial charge in [0.1, 0.15) is 6.04 Å². The largest absolute Gasteiger partial charge is 0.493 e. The third-order valence-corrected chi connectivity index (χ3v) is 6.74. The molecular formula is C26H28N4O5. The number of hydrogen-bond acceptors (Lipinski definition) is 5. The summed E-state index contributed by atoms with van der Waals surface area (Å²) in [6.07, 6.45) is 2.65. The molecule has 9 heteroatoms. The highest BCUT2D eigenvalue weighted by molar-refractivity contribution is 6.05. The number of ether oxygens (including phenoxy) is 2. The molecule has 1 aliphatic carbocycles. The summed E-state index contributed by atoms with van der Waals surface area (Å²) in [4.78, 5) is 42.9. The van der Waals surface area contributed by atoms with Crippen LogP contribution in [0.15, 0.2) is 42.5 Å². The first kappa shape index (κ1) is 22.8. The van der Waals surface area contributed by atoms with E-state index in [2.05, 4.69) is 21.7 Å². The molecule has 2 aromatic carbocycles. The molecule has 0 radical (unpaired) electrons. The number of aryl methyl sites for hydroxylation is 1. The molecule has 0 unspecified atom stereocenters. The molecule has 2 heterocycles. The molecule has 0 spiro atoms. The lowest BCUT2D eigenvalue weighted by Gasteiger charge is -2.24. The third kappa shape index (κ3) is 4.29. The lowest BCUT2D eigenvalue weighted by atomic mass is 9.91. The van der Waals surface area contributed by atoms with E-state index in [9.17, 15) is 14.4 Å². The van der Waals surface area contributed by atoms with Gasteiger partial charge in [0.15, 0.2) is 11.5 Å². The molecule has 3 aromatic rings. The maximum absolute atomic E-state index is 12.9. The number of aromatic amines is 1. The van der Waals surface area contributed by atoms with E-state index in [-0.39, 0.29) is 24.9 Å². The van der Waals surface area contributed by atoms with Crippen LogP contribution in [0.4, 0.5) is 4.79 Å². The van der Waals surface area contributed by atoms with Gasteiger partial charge < -0.3 is 25.1 Å². The van der Waals surface area contributed by atoms with Gasteiger partial charge >= 0.3 is 6.03 Å². The number of rotatable bonds is 7. The van der Waals surface area contributed by atoms with Crippen molar-refractivity contribution >= 4 is 28.7 Å². The van der Waals surface area contributed by atoms with Crippen LogP contribution in [-0.2, 0) is 22.6 Å². The van der Waals surface area contributed by atoms with Gasteiger partial charge in [0.05, 0.1) is 33.2 Å². The molecule has 2 aliphatic rings. The number of benzene rings is 2. The summed E-state index contributed by atoms with van der Waals surface area (Å²) in [7, 11) is 3.06. The molecule has 182 valence electrons. The van der Waals surface area contributed by atoms with Gasteiger partial charge in [-0.3, -0.25) is 14.5 Å². The number of methoxy groups -OCH3 is 2. The number of carbonyl (C=O) groups is 3. The first-order chi connectivity index (χ1) is 17.0. The number of imide groups is 1. The predicted octanol–water partition coefficient (Wildman–Crippen LogP) is 3.19. The number of H-pyrrole nitrogens is 1. The Balaban J connectivity index is 1.24. The monoisotopic (exact) mass is 476 g/mol. The molecule has 35 heavy (non-hydrogen) atoms. The normalized spacial score (nSPS) is 19.4. The minimum atomic E-state index is -0.895. The zero-order valence-corrected chi connectivity index (χ0v) is 19.7. The summed E-state index contributed by atoms with van der Waals surface area (Å²) >= 11 is 0. The molecule has 1 aromatic heterocycles. The van der Waals surface area contributed by atoms with E-state index in [4.69, 9.17) is 9.47 Å². The lowest BCUT2D eigenvalue weighted by Crippen LogP contribution is -2.38. The van der Waals surface area contributed by atoms with Gasteiger partial charge in [-0.2, -0.15) is 0 Å². The van der Waals surface area contributed by atoms with Gasteiger partial charge in [-0.1, -0.05) is 24.3 Å². The van der Waals surface area contributed by atoms with Crippen LogP contribution in [0.2, 0.25) is 0 Å². The Morgan fingerprint density at radius 3 is 2.71 bits per heavy atom. The van der Waals surface area contributed by atoms with Crippen LogP contribution >= 0.6 is 0 Å². The van der Waals surface area contributed by atoms with Crippen molar-refractivity contribution in [2.45, 2.75) is 44.3 Å². The van der Waals surface area contributed by atoms with E-state index in [1.807, 2.05) is 18.2 Å². The Morgan fingerprint density at radius 1 is 1.11 bits per heavy atom. The van der Waals surface area contributed by atoms with E-state index in [0.717, 1.165) is 35.4 Å². The minimum Gasteiger partial charge on any atom is -0.493 e. The van der Waals surface area contributed by atoms with Crippen LogP contribution in [0.25, 0.3) is 10.9 Å². The number of urea groups is 1. The number of nitrogens with one attached hydrogen (secondary N) is 3. The van der Waals surface area contributed by atoms with E-state index < -0.39 is 18.0 Å². The summed E-state index contributed by atoms with van der Waals surface area (Å²) in [6.45, 7) is 0.0736. The fourth-order valence-electron chi connectivity index (χ4n) is 5.02. The number of nitrogens with zero attached hydrogens (tertiary/aromatic N) is 1. The fourth-order valence-corrected chi connectivity index (χ4v) is 5.02. The number of aromatic nitrogens is 1. The predicted molar refractivity (Wildman–Crippen MR) is 129 cm³/mol. The number of fused-ring (bicyclic) bond motifs is 3. The quantitative estimate of drug-likeness (QED) is 0.454. The minimum absolute atomic E-state index is 0.0736. The van der Waals surface area contributed by atoms with Gasteiger partial charge in [0.2, 0.25) is 5.91 Å². The SMILES string of the molecule is COc1ccc(CN2C(=O)N[C@H](CC(=O)N[C@@H]3CCCc4c3[nH]c3ccccc43)C2=O)cc1OC. The van der Waals surface area contributed by atoms with Crippen molar-refractivity contribution in [2.24, 2.45) is 0 Å². The molecule has 1 saturated heterocycles. The molecule has 1 aliphatic heterocycles. The number of para-hydroxylation sites is 1. The summed E-state index contributed by atoms with van der Waals surface area (Å²) in [5.74, 6) is 0.378. The molecule has 0 saturated carbocycles. The number of hydrogen-bond donors (Lipinski definition) is 3. The molecule has 0 bridgehead atoms. The van der Waals surface area contributed by atoms with Crippen molar-refractivity contribution in [1.29, 1.82) is 0 Å². The fraction of sp³-hybridized carbons (Fsp3) is 0.346. The third-order valence-electron chi connectivity index (χ3n) is 6.74. The van der Waals surface area contributed by atoms with Crippen LogP contribution in [0.1, 0.15) is 42.1 Å². The average Bonchev–Trinajstić information content (AvgIpc) is 3.37. The second-order valence-electron chi connectivity index (χ2n) is 8.90. The molecule has 4 amide bonds. The summed E-state index contributed by atoms with van der Waals surface area (Å²) in [6, 6.07) is 11.8. The number of carbonyl (C=O) groups excluding carboxylic acids is 3. The lowest BCUT2D eigenvalue weighted by molar-refractivity contribution is -0.131. The Bertz CT molecular complexity index is 1300. The van der Waals surface area contributed by atoms with Gasteiger partial charge in [0.25, 0.3) is 5.91 Å². The highest BCUT2D eigenvalue weighted by Crippen LogP contribution is 2.35. The van der Waals surface area contributed by atoms with Gasteiger partial charge in [0, 0.05) is 16.6 Å². The maximum atomic E-state index is 12.9. The first-order valence-corrected chi connectivity index (χ1v) is 11.7. The first-order valence-electron chi connectivity index (χ1n) is 11.7. The molecular weight excluding hydrogens is 448 g/mol. The van der Waals surface area contributed by atoms with E-state index in [1.165, 1.54) is 25.2 Å². The maximum Gasteiger partial charge on any atom is 0.325 e. The summed E-state index contributed by atoms with van der Waals surface area (Å²) in [5, 5.41) is 6.90. The highest BCUT2D eigenvalue weighted by atomic mass is 16.5. The van der Waals surface area contributed by atoms with Crippen LogP contribution in [0, 0.1) is 0 Å². The van der Waals surface area contributed by atoms with Crippen LogP contribution in [-0.4, -0.2) is 48.0 Å². The van der Waals surface area contributed by atoms with Gasteiger partial charge in [-0.05, 0) is 48.6 Å². The Kier molecular flexibility index (Phi) is 6.07. The van der Waals surface area contributed by atoms with Crippen LogP contribution in [0.5, 0.6) is 11.5 Å². The average molecular weight is 477 g/mol. The zero-order valence-electron chi connectivity index (χ0n) is 19.7. The van der Waals surface area contributed by atoms with Crippen molar-refractivity contribution in [2.75, 3.05) is 14.2 Å². The molecule has 9 nitrogen and oxygen atoms in total. The van der Waals surface area contributed by atoms with E-state index in [1.54, 1.807) is 18.2 Å².